The van der Waals surface area contributed by atoms with Crippen LogP contribution in [0.5, 0.6) is 5.75 Å². The molecule has 1 amide bonds. The molecule has 1 saturated heterocycles. The summed E-state index contributed by atoms with van der Waals surface area (Å²) in [6, 6.07) is 14.0. The summed E-state index contributed by atoms with van der Waals surface area (Å²) in [6.07, 6.45) is 3.34. The Labute approximate surface area is 236 Å². The Bertz CT molecular complexity index is 1450. The number of halogens is 1. The molecule has 8 nitrogen and oxygen atoms in total. The van der Waals surface area contributed by atoms with Gasteiger partial charge in [0.2, 0.25) is 10.0 Å². The second-order valence-corrected chi connectivity index (χ2v) is 13.3. The molecule has 10 heteroatoms. The molecule has 0 spiro atoms. The van der Waals surface area contributed by atoms with Crippen LogP contribution in [0.15, 0.2) is 60.9 Å². The van der Waals surface area contributed by atoms with Crippen LogP contribution in [0.4, 0.5) is 10.1 Å². The van der Waals surface area contributed by atoms with E-state index in [0.29, 0.717) is 17.9 Å². The van der Waals surface area contributed by atoms with Gasteiger partial charge >= 0.3 is 0 Å². The predicted molar refractivity (Wildman–Crippen MR) is 156 cm³/mol. The van der Waals surface area contributed by atoms with E-state index >= 15 is 4.39 Å². The summed E-state index contributed by atoms with van der Waals surface area (Å²) in [7, 11) is -3.79. The minimum atomic E-state index is -3.79. The Hall–Kier alpha value is -3.50. The number of sulfonamides is 1. The van der Waals surface area contributed by atoms with Crippen molar-refractivity contribution in [3.8, 4) is 16.9 Å². The van der Waals surface area contributed by atoms with Gasteiger partial charge in [-0.15, -0.1) is 0 Å². The molecular formula is C30H37FN4O4S. The summed E-state index contributed by atoms with van der Waals surface area (Å²) in [6.45, 7) is 12.0. The van der Waals surface area contributed by atoms with Crippen molar-refractivity contribution in [1.82, 2.24) is 14.6 Å². The normalized spacial score (nSPS) is 15.5. The lowest BCUT2D eigenvalue weighted by Gasteiger charge is -2.39. The average Bonchev–Trinajstić information content (AvgIpc) is 2.92. The first-order valence-corrected chi connectivity index (χ1v) is 14.9. The van der Waals surface area contributed by atoms with Crippen molar-refractivity contribution in [2.45, 2.75) is 45.4 Å². The number of ether oxygens (including phenoxy) is 1. The zero-order valence-electron chi connectivity index (χ0n) is 23.6. The molecule has 0 saturated carbocycles. The molecule has 1 aliphatic rings. The summed E-state index contributed by atoms with van der Waals surface area (Å²) < 4.78 is 46.4. The van der Waals surface area contributed by atoms with Gasteiger partial charge in [0.25, 0.3) is 5.91 Å². The van der Waals surface area contributed by atoms with Crippen LogP contribution in [0.1, 0.15) is 56.6 Å². The SMILES string of the molecule is CCOc1cncc(-c2ccc(C(C)N3CCN(c4ccc(C(=O)NS(=O)(=O)C(C)(C)C)cc4)CC3)c(F)c2)c1. The summed E-state index contributed by atoms with van der Waals surface area (Å²) in [4.78, 5) is 21.1. The number of piperazine rings is 1. The predicted octanol–water partition coefficient (Wildman–Crippen LogP) is 5.03. The maximum Gasteiger partial charge on any atom is 0.264 e. The standard InChI is InChI=1S/C30H37FN4O4S/c1-6-39-26-17-24(19-32-20-26)23-9-12-27(28(31)18-23)21(2)34-13-15-35(16-14-34)25-10-7-22(8-11-25)29(36)33-40(37,38)30(3,4)5/h7-12,17-21H,6,13-16H2,1-5H3,(H,33,36). The smallest absolute Gasteiger partial charge is 0.264 e. The van der Waals surface area contributed by atoms with Crippen molar-refractivity contribution in [2.75, 3.05) is 37.7 Å². The van der Waals surface area contributed by atoms with Gasteiger partial charge in [0, 0.05) is 60.8 Å². The Morgan fingerprint density at radius 2 is 1.70 bits per heavy atom. The van der Waals surface area contributed by atoms with Crippen LogP contribution in [-0.2, 0) is 10.0 Å². The van der Waals surface area contributed by atoms with E-state index in [9.17, 15) is 13.2 Å². The Kier molecular flexibility index (Phi) is 8.80. The third-order valence-corrected chi connectivity index (χ3v) is 9.26. The van der Waals surface area contributed by atoms with E-state index in [-0.39, 0.29) is 17.4 Å². The van der Waals surface area contributed by atoms with Crippen molar-refractivity contribution in [2.24, 2.45) is 0 Å². The highest BCUT2D eigenvalue weighted by Gasteiger charge is 2.31. The third kappa shape index (κ3) is 6.62. The van der Waals surface area contributed by atoms with E-state index in [2.05, 4.69) is 19.5 Å². The fraction of sp³-hybridized carbons (Fsp3) is 0.400. The number of aromatic nitrogens is 1. The summed E-state index contributed by atoms with van der Waals surface area (Å²) in [5, 5.41) is 0. The second kappa shape index (κ2) is 11.9. The fourth-order valence-corrected chi connectivity index (χ4v) is 5.26. The molecule has 4 rings (SSSR count). The number of pyridine rings is 1. The molecule has 1 aliphatic heterocycles. The largest absolute Gasteiger partial charge is 0.492 e. The lowest BCUT2D eigenvalue weighted by atomic mass is 10.00. The molecule has 1 aromatic heterocycles. The Morgan fingerprint density at radius 3 is 2.30 bits per heavy atom. The maximum absolute atomic E-state index is 15.2. The van der Waals surface area contributed by atoms with E-state index in [4.69, 9.17) is 4.74 Å². The fourth-order valence-electron chi connectivity index (χ4n) is 4.59. The van der Waals surface area contributed by atoms with Gasteiger partial charge in [-0.2, -0.15) is 0 Å². The van der Waals surface area contributed by atoms with Crippen molar-refractivity contribution < 1.29 is 22.3 Å². The van der Waals surface area contributed by atoms with Gasteiger partial charge in [0.15, 0.2) is 0 Å². The van der Waals surface area contributed by atoms with Crippen LogP contribution in [0.25, 0.3) is 11.1 Å². The highest BCUT2D eigenvalue weighted by atomic mass is 32.2. The molecule has 1 N–H and O–H groups in total. The maximum atomic E-state index is 15.2. The number of carbonyl (C=O) groups excluding carboxylic acids is 1. The third-order valence-electron chi connectivity index (χ3n) is 7.20. The van der Waals surface area contributed by atoms with Gasteiger partial charge in [0.05, 0.1) is 17.6 Å². The van der Waals surface area contributed by atoms with Crippen LogP contribution in [0, 0.1) is 5.82 Å². The van der Waals surface area contributed by atoms with Crippen molar-refractivity contribution >= 4 is 21.6 Å². The van der Waals surface area contributed by atoms with Crippen LogP contribution >= 0.6 is 0 Å². The van der Waals surface area contributed by atoms with E-state index in [1.165, 1.54) is 20.8 Å². The number of hydrogen-bond acceptors (Lipinski definition) is 7. The molecule has 0 aliphatic carbocycles. The van der Waals surface area contributed by atoms with Crippen molar-refractivity contribution in [1.29, 1.82) is 0 Å². The number of amides is 1. The van der Waals surface area contributed by atoms with Crippen LogP contribution < -0.4 is 14.4 Å². The van der Waals surface area contributed by atoms with Gasteiger partial charge in [-0.05, 0) is 76.6 Å². The van der Waals surface area contributed by atoms with Crippen LogP contribution in [0.3, 0.4) is 0 Å². The number of rotatable bonds is 8. The molecule has 0 bridgehead atoms. The van der Waals surface area contributed by atoms with Gasteiger partial charge in [-0.25, -0.2) is 17.5 Å². The van der Waals surface area contributed by atoms with E-state index in [0.717, 1.165) is 43.0 Å². The average molecular weight is 569 g/mol. The van der Waals surface area contributed by atoms with Crippen LogP contribution in [-0.4, -0.2) is 61.7 Å². The molecule has 1 fully saturated rings. The molecule has 214 valence electrons. The monoisotopic (exact) mass is 568 g/mol. The van der Waals surface area contributed by atoms with E-state index in [1.54, 1.807) is 30.6 Å². The topological polar surface area (TPSA) is 91.8 Å². The molecule has 2 aromatic carbocycles. The van der Waals surface area contributed by atoms with E-state index < -0.39 is 20.7 Å². The van der Waals surface area contributed by atoms with Gasteiger partial charge in [-0.1, -0.05) is 12.1 Å². The van der Waals surface area contributed by atoms with Crippen molar-refractivity contribution in [3.05, 3.63) is 77.9 Å². The number of benzene rings is 2. The minimum absolute atomic E-state index is 0.0973. The molecule has 1 unspecified atom stereocenters. The lowest BCUT2D eigenvalue weighted by Crippen LogP contribution is -2.47. The number of carbonyl (C=O) groups is 1. The summed E-state index contributed by atoms with van der Waals surface area (Å²) in [5.41, 5.74) is 3.42. The highest BCUT2D eigenvalue weighted by molar-refractivity contribution is 7.91. The zero-order valence-corrected chi connectivity index (χ0v) is 24.5. The molecule has 0 radical (unpaired) electrons. The minimum Gasteiger partial charge on any atom is -0.492 e. The van der Waals surface area contributed by atoms with Gasteiger partial charge in [-0.3, -0.25) is 14.7 Å². The molecule has 3 aromatic rings. The zero-order chi connectivity index (χ0) is 29.1. The Balaban J connectivity index is 1.37. The lowest BCUT2D eigenvalue weighted by molar-refractivity contribution is 0.0980. The second-order valence-electron chi connectivity index (χ2n) is 10.9. The first-order chi connectivity index (χ1) is 18.9. The quantitative estimate of drug-likeness (QED) is 0.408. The van der Waals surface area contributed by atoms with Crippen LogP contribution in [0.2, 0.25) is 0 Å². The number of nitrogens with zero attached hydrogens (tertiary/aromatic N) is 3. The molecule has 2 heterocycles. The number of hydrogen-bond donors (Lipinski definition) is 1. The van der Waals surface area contributed by atoms with Gasteiger partial charge < -0.3 is 9.64 Å². The summed E-state index contributed by atoms with van der Waals surface area (Å²) in [5.74, 6) is -0.245. The number of nitrogens with one attached hydrogen (secondary N) is 1. The first kappa shape index (κ1) is 29.5. The molecular weight excluding hydrogens is 531 g/mol. The highest BCUT2D eigenvalue weighted by Crippen LogP contribution is 2.30. The summed E-state index contributed by atoms with van der Waals surface area (Å²) >= 11 is 0. The van der Waals surface area contributed by atoms with Crippen molar-refractivity contribution in [3.63, 3.8) is 0 Å². The van der Waals surface area contributed by atoms with E-state index in [1.807, 2.05) is 44.2 Å². The van der Waals surface area contributed by atoms with Gasteiger partial charge in [0.1, 0.15) is 11.6 Å². The molecule has 40 heavy (non-hydrogen) atoms. The Morgan fingerprint density at radius 1 is 1.02 bits per heavy atom. The molecule has 1 atom stereocenters. The number of anilines is 1. The first-order valence-electron chi connectivity index (χ1n) is 13.4.